The number of fused-ring (bicyclic) bond motifs is 1. The fourth-order valence-corrected chi connectivity index (χ4v) is 4.81. The summed E-state index contributed by atoms with van der Waals surface area (Å²) in [7, 11) is 0. The van der Waals surface area contributed by atoms with Crippen molar-refractivity contribution < 1.29 is 18.3 Å². The predicted molar refractivity (Wildman–Crippen MR) is 121 cm³/mol. The summed E-state index contributed by atoms with van der Waals surface area (Å²) in [5, 5.41) is 1.06. The van der Waals surface area contributed by atoms with Gasteiger partial charge in [0, 0.05) is 29.0 Å². The third kappa shape index (κ3) is 4.06. The lowest BCUT2D eigenvalue weighted by Crippen LogP contribution is -2.11. The lowest BCUT2D eigenvalue weighted by Gasteiger charge is -2.13. The molecule has 0 saturated heterocycles. The van der Waals surface area contributed by atoms with E-state index in [1.807, 2.05) is 29.7 Å². The van der Waals surface area contributed by atoms with Crippen LogP contribution < -0.4 is 9.47 Å². The van der Waals surface area contributed by atoms with E-state index in [2.05, 4.69) is 4.98 Å². The first-order valence-electron chi connectivity index (χ1n) is 9.86. The molecule has 0 bridgehead atoms. The van der Waals surface area contributed by atoms with Gasteiger partial charge in [0.05, 0.1) is 11.9 Å². The first-order chi connectivity index (χ1) is 15.5. The van der Waals surface area contributed by atoms with Gasteiger partial charge in [-0.3, -0.25) is 4.57 Å². The maximum atomic E-state index is 13.6. The van der Waals surface area contributed by atoms with E-state index in [9.17, 15) is 8.78 Å². The third-order valence-corrected chi connectivity index (χ3v) is 6.36. The summed E-state index contributed by atoms with van der Waals surface area (Å²) >= 11 is 7.64. The zero-order valence-corrected chi connectivity index (χ0v) is 18.5. The zero-order chi connectivity index (χ0) is 22.2. The summed E-state index contributed by atoms with van der Waals surface area (Å²) in [5.74, 6) is 1.15. The topological polar surface area (TPSA) is 36.3 Å². The number of rotatable bonds is 5. The average molecular weight is 471 g/mol. The molecule has 2 heterocycles. The Balaban J connectivity index is 1.54. The Bertz CT molecular complexity index is 1290. The molecule has 162 valence electrons. The van der Waals surface area contributed by atoms with Crippen molar-refractivity contribution in [2.75, 3.05) is 0 Å². The van der Waals surface area contributed by atoms with Crippen LogP contribution >= 0.6 is 23.4 Å². The minimum Gasteiger partial charge on any atom is -0.451 e. The summed E-state index contributed by atoms with van der Waals surface area (Å²) in [5.41, 5.74) is 3.25. The van der Waals surface area contributed by atoms with Gasteiger partial charge < -0.3 is 9.47 Å². The van der Waals surface area contributed by atoms with Crippen LogP contribution in [0, 0.1) is 11.6 Å². The molecule has 1 atom stereocenters. The number of ether oxygens (including phenoxy) is 2. The maximum absolute atomic E-state index is 13.6. The number of hydrogen-bond donors (Lipinski definition) is 0. The molecule has 4 aromatic rings. The molecule has 5 rings (SSSR count). The highest BCUT2D eigenvalue weighted by Crippen LogP contribution is 2.39. The minimum absolute atomic E-state index is 0.320. The molecular formula is C24H17ClF2N2O2S. The van der Waals surface area contributed by atoms with Crippen molar-refractivity contribution in [3.63, 3.8) is 0 Å². The number of thioether (sulfide) groups is 1. The quantitative estimate of drug-likeness (QED) is 0.298. The third-order valence-electron chi connectivity index (χ3n) is 5.01. The van der Waals surface area contributed by atoms with E-state index in [0.717, 1.165) is 22.5 Å². The van der Waals surface area contributed by atoms with Crippen LogP contribution in [0.1, 0.15) is 12.5 Å². The average Bonchev–Trinajstić information content (AvgIpc) is 3.35. The Kier molecular flexibility index (Phi) is 5.53. The number of aromatic nitrogens is 2. The lowest BCUT2D eigenvalue weighted by atomic mass is 10.1. The molecule has 0 fully saturated rings. The molecule has 32 heavy (non-hydrogen) atoms. The van der Waals surface area contributed by atoms with Gasteiger partial charge in [0.15, 0.2) is 16.7 Å². The molecule has 8 heteroatoms. The second kappa shape index (κ2) is 8.48. The smallest absolute Gasteiger partial charge is 0.238 e. The van der Waals surface area contributed by atoms with Crippen LogP contribution in [-0.2, 0) is 5.75 Å². The standard InChI is InChI=1S/C24H17ClF2N2O2S/c1-14-30-22-9-3-15(10-23(22)31-14)21-12-28-24(29(21)19-7-5-17(26)6-8-19)32-13-16-2-4-18(27)11-20(16)25/h2-12,14H,13H2,1H3. The number of halogens is 3. The zero-order valence-electron chi connectivity index (χ0n) is 16.9. The van der Waals surface area contributed by atoms with Crippen molar-refractivity contribution in [2.24, 2.45) is 0 Å². The van der Waals surface area contributed by atoms with E-state index < -0.39 is 0 Å². The predicted octanol–water partition coefficient (Wildman–Crippen LogP) is 6.88. The largest absolute Gasteiger partial charge is 0.451 e. The molecule has 0 spiro atoms. The Labute approximate surface area is 192 Å². The molecule has 1 unspecified atom stereocenters. The highest BCUT2D eigenvalue weighted by atomic mass is 35.5. The summed E-state index contributed by atoms with van der Waals surface area (Å²) in [4.78, 5) is 4.61. The Morgan fingerprint density at radius 1 is 0.969 bits per heavy atom. The first kappa shape index (κ1) is 20.8. The minimum atomic E-state index is -0.379. The number of hydrogen-bond acceptors (Lipinski definition) is 4. The molecule has 0 N–H and O–H groups in total. The number of benzene rings is 3. The monoisotopic (exact) mass is 470 g/mol. The molecule has 1 aliphatic heterocycles. The molecule has 1 aromatic heterocycles. The second-order valence-corrected chi connectivity index (χ2v) is 8.58. The highest BCUT2D eigenvalue weighted by Gasteiger charge is 2.22. The fourth-order valence-electron chi connectivity index (χ4n) is 3.50. The molecular weight excluding hydrogens is 454 g/mol. The van der Waals surface area contributed by atoms with Crippen molar-refractivity contribution in [1.29, 1.82) is 0 Å². The van der Waals surface area contributed by atoms with Crippen molar-refractivity contribution in [1.82, 2.24) is 9.55 Å². The van der Waals surface area contributed by atoms with Gasteiger partial charge >= 0.3 is 0 Å². The van der Waals surface area contributed by atoms with Crippen molar-refractivity contribution in [3.8, 4) is 28.4 Å². The van der Waals surface area contributed by atoms with Gasteiger partial charge in [0.2, 0.25) is 6.29 Å². The van der Waals surface area contributed by atoms with E-state index in [0.29, 0.717) is 27.4 Å². The SMILES string of the molecule is CC1Oc2ccc(-c3cnc(SCc4ccc(F)cc4Cl)n3-c3ccc(F)cc3)cc2O1. The van der Waals surface area contributed by atoms with Crippen LogP contribution in [0.15, 0.2) is 72.0 Å². The first-order valence-corrected chi connectivity index (χ1v) is 11.2. The van der Waals surface area contributed by atoms with Crippen LogP contribution in [0.25, 0.3) is 16.9 Å². The fraction of sp³-hybridized carbons (Fsp3) is 0.125. The Morgan fingerprint density at radius 3 is 2.50 bits per heavy atom. The maximum Gasteiger partial charge on any atom is 0.238 e. The van der Waals surface area contributed by atoms with Crippen LogP contribution in [0.2, 0.25) is 5.02 Å². The molecule has 3 aromatic carbocycles. The van der Waals surface area contributed by atoms with Crippen LogP contribution in [0.5, 0.6) is 11.5 Å². The van der Waals surface area contributed by atoms with E-state index in [4.69, 9.17) is 21.1 Å². The van der Waals surface area contributed by atoms with Gasteiger partial charge in [-0.2, -0.15) is 0 Å². The van der Waals surface area contributed by atoms with E-state index >= 15 is 0 Å². The molecule has 0 aliphatic carbocycles. The van der Waals surface area contributed by atoms with Gasteiger partial charge in [0.25, 0.3) is 0 Å². The number of nitrogens with zero attached hydrogens (tertiary/aromatic N) is 2. The van der Waals surface area contributed by atoms with E-state index in [-0.39, 0.29) is 17.9 Å². The molecule has 1 aliphatic rings. The Hall–Kier alpha value is -3.03. The van der Waals surface area contributed by atoms with Crippen LogP contribution in [-0.4, -0.2) is 15.8 Å². The second-order valence-electron chi connectivity index (χ2n) is 7.23. The normalized spacial score (nSPS) is 14.7. The van der Waals surface area contributed by atoms with Crippen molar-refractivity contribution in [2.45, 2.75) is 24.1 Å². The summed E-state index contributed by atoms with van der Waals surface area (Å²) in [6, 6.07) is 16.3. The molecule has 0 saturated carbocycles. The van der Waals surface area contributed by atoms with Crippen LogP contribution in [0.4, 0.5) is 8.78 Å². The van der Waals surface area contributed by atoms with Gasteiger partial charge in [-0.25, -0.2) is 13.8 Å². The van der Waals surface area contributed by atoms with Gasteiger partial charge in [-0.1, -0.05) is 29.4 Å². The van der Waals surface area contributed by atoms with E-state index in [1.165, 1.54) is 36.0 Å². The highest BCUT2D eigenvalue weighted by molar-refractivity contribution is 7.98. The summed E-state index contributed by atoms with van der Waals surface area (Å²) in [6.45, 7) is 1.83. The molecule has 0 radical (unpaired) electrons. The molecule has 4 nitrogen and oxygen atoms in total. The number of imidazole rings is 1. The Morgan fingerprint density at radius 2 is 1.72 bits per heavy atom. The van der Waals surface area contributed by atoms with Crippen molar-refractivity contribution in [3.05, 3.63) is 89.1 Å². The van der Waals surface area contributed by atoms with E-state index in [1.54, 1.807) is 24.4 Å². The summed E-state index contributed by atoms with van der Waals surface area (Å²) < 4.78 is 40.2. The van der Waals surface area contributed by atoms with Gasteiger partial charge in [-0.05, 0) is 60.2 Å². The van der Waals surface area contributed by atoms with Crippen LogP contribution in [0.3, 0.4) is 0 Å². The summed E-state index contributed by atoms with van der Waals surface area (Å²) in [6.07, 6.45) is 1.42. The molecule has 0 amide bonds. The van der Waals surface area contributed by atoms with Gasteiger partial charge in [-0.15, -0.1) is 0 Å². The van der Waals surface area contributed by atoms with Gasteiger partial charge in [0.1, 0.15) is 11.6 Å². The van der Waals surface area contributed by atoms with Crippen molar-refractivity contribution >= 4 is 23.4 Å². The lowest BCUT2D eigenvalue weighted by molar-refractivity contribution is 0.0679.